The van der Waals surface area contributed by atoms with Gasteiger partial charge in [-0.05, 0) is 68.7 Å². The first kappa shape index (κ1) is 37.8. The number of carboxylic acid groups (broad SMARTS) is 1. The van der Waals surface area contributed by atoms with Crippen molar-refractivity contribution in [1.29, 1.82) is 0 Å². The minimum atomic E-state index is -4.56. The maximum absolute atomic E-state index is 12.7. The van der Waals surface area contributed by atoms with Crippen molar-refractivity contribution in [2.75, 3.05) is 6.54 Å². The van der Waals surface area contributed by atoms with Gasteiger partial charge in [-0.15, -0.1) is 0 Å². The number of carbonyl (C=O) groups is 3. The minimum Gasteiger partial charge on any atom is -0.479 e. The molecule has 0 aromatic heterocycles. The number of hydrogen-bond acceptors (Lipinski definition) is 6. The summed E-state index contributed by atoms with van der Waals surface area (Å²) in [5.74, 6) is -1.14. The van der Waals surface area contributed by atoms with Crippen molar-refractivity contribution in [3.63, 3.8) is 0 Å². The summed E-state index contributed by atoms with van der Waals surface area (Å²) < 4.78 is 48.1. The zero-order valence-electron chi connectivity index (χ0n) is 25.2. The van der Waals surface area contributed by atoms with Gasteiger partial charge in [0, 0.05) is 18.3 Å². The Kier molecular flexibility index (Phi) is 14.5. The second-order valence-corrected chi connectivity index (χ2v) is 11.8. The smallest absolute Gasteiger partial charge is 0.416 e. The second-order valence-electron chi connectivity index (χ2n) is 10.1. The monoisotopic (exact) mass is 687 g/mol. The first-order valence-corrected chi connectivity index (χ1v) is 15.5. The van der Waals surface area contributed by atoms with Gasteiger partial charge < -0.3 is 19.5 Å². The van der Waals surface area contributed by atoms with Gasteiger partial charge in [0.15, 0.2) is 6.10 Å². The Labute approximate surface area is 274 Å². The fourth-order valence-electron chi connectivity index (χ4n) is 3.63. The molecule has 3 aromatic rings. The van der Waals surface area contributed by atoms with Crippen molar-refractivity contribution in [3.05, 3.63) is 93.5 Å². The zero-order chi connectivity index (χ0) is 33.9. The van der Waals surface area contributed by atoms with Crippen LogP contribution in [0.15, 0.2) is 66.7 Å². The molecule has 3 aromatic carbocycles. The van der Waals surface area contributed by atoms with Gasteiger partial charge in [0.05, 0.1) is 21.2 Å². The molecular weight excluding hydrogens is 654 g/mol. The third kappa shape index (κ3) is 11.8. The Hall–Kier alpha value is -3.41. The van der Waals surface area contributed by atoms with Crippen LogP contribution >= 0.6 is 35.0 Å². The molecule has 0 spiro atoms. The van der Waals surface area contributed by atoms with E-state index in [1.165, 1.54) is 29.5 Å². The summed E-state index contributed by atoms with van der Waals surface area (Å²) in [6, 6.07) is 16.8. The third-order valence-corrected chi connectivity index (χ3v) is 8.10. The molecule has 0 saturated heterocycles. The molecule has 1 unspecified atom stereocenters. The number of halogens is 5. The summed E-state index contributed by atoms with van der Waals surface area (Å²) in [6.07, 6.45) is -5.96. The predicted octanol–water partition coefficient (Wildman–Crippen LogP) is 9.84. The number of carboxylic acids is 1. The molecular formula is C32H34Cl2F3NO6S. The molecule has 0 radical (unpaired) electrons. The quantitative estimate of drug-likeness (QED) is 0.212. The molecule has 244 valence electrons. The molecule has 0 saturated carbocycles. The Morgan fingerprint density at radius 3 is 2.11 bits per heavy atom. The van der Waals surface area contributed by atoms with Gasteiger partial charge in [0.2, 0.25) is 0 Å². The first-order valence-electron chi connectivity index (χ1n) is 13.8. The largest absolute Gasteiger partial charge is 0.479 e. The lowest BCUT2D eigenvalue weighted by atomic mass is 10.1. The number of rotatable bonds is 10. The van der Waals surface area contributed by atoms with Crippen LogP contribution < -0.4 is 4.74 Å². The first-order chi connectivity index (χ1) is 21.0. The third-order valence-electron chi connectivity index (χ3n) is 6.51. The van der Waals surface area contributed by atoms with E-state index in [0.717, 1.165) is 37.4 Å². The lowest BCUT2D eigenvalue weighted by molar-refractivity contribution is -0.146. The predicted molar refractivity (Wildman–Crippen MR) is 170 cm³/mol. The molecule has 0 heterocycles. The van der Waals surface area contributed by atoms with Crippen LogP contribution in [0.25, 0.3) is 0 Å². The molecule has 45 heavy (non-hydrogen) atoms. The van der Waals surface area contributed by atoms with Gasteiger partial charge in [-0.1, -0.05) is 79.1 Å². The summed E-state index contributed by atoms with van der Waals surface area (Å²) in [6.45, 7) is 10.4. The summed E-state index contributed by atoms with van der Waals surface area (Å²) in [5.41, 5.74) is 0.0808. The zero-order valence-corrected chi connectivity index (χ0v) is 27.6. The normalized spacial score (nSPS) is 12.4. The SMILES string of the molecule is CCN(C(=O)SCc1ccccc1)C(C)C(C)C.C[C@H](OC(=O)c1cc(Oc2ccc(C(F)(F)F)cc2Cl)ccc1Cl)C(=O)O. The van der Waals surface area contributed by atoms with Crippen LogP contribution in [0.1, 0.15) is 56.1 Å². The number of aliphatic carboxylic acids is 1. The summed E-state index contributed by atoms with van der Waals surface area (Å²) in [5, 5.41) is 8.65. The van der Waals surface area contributed by atoms with E-state index in [1.807, 2.05) is 30.0 Å². The van der Waals surface area contributed by atoms with Crippen LogP contribution in [0, 0.1) is 5.92 Å². The van der Waals surface area contributed by atoms with Crippen LogP contribution in [0.4, 0.5) is 18.0 Å². The van der Waals surface area contributed by atoms with Crippen LogP contribution in [0.3, 0.4) is 0 Å². The van der Waals surface area contributed by atoms with Crippen molar-refractivity contribution in [2.45, 2.75) is 58.7 Å². The maximum Gasteiger partial charge on any atom is 0.416 e. The van der Waals surface area contributed by atoms with Crippen molar-refractivity contribution in [1.82, 2.24) is 4.90 Å². The van der Waals surface area contributed by atoms with Crippen molar-refractivity contribution in [3.8, 4) is 11.5 Å². The number of nitrogens with zero attached hydrogens (tertiary/aromatic N) is 1. The van der Waals surface area contributed by atoms with Gasteiger partial charge in [0.1, 0.15) is 11.5 Å². The highest BCUT2D eigenvalue weighted by Crippen LogP contribution is 2.37. The standard InChI is InChI=1S/C17H11Cl2F3O5.C15H23NOS/c1-8(15(23)24)26-16(25)11-7-10(3-4-12(11)18)27-14-5-2-9(6-13(14)19)17(20,21)22;1-5-16(13(4)12(2)3)15(17)18-11-14-9-7-6-8-10-14/h2-8H,1H3,(H,23,24);6-10,12-13H,5,11H2,1-4H3/t8-;/m0./s1. The number of benzene rings is 3. The molecule has 3 rings (SSSR count). The van der Waals surface area contributed by atoms with Crippen molar-refractivity contribution in [2.24, 2.45) is 5.92 Å². The van der Waals surface area contributed by atoms with E-state index in [9.17, 15) is 27.6 Å². The Morgan fingerprint density at radius 2 is 1.58 bits per heavy atom. The molecule has 13 heteroatoms. The topological polar surface area (TPSA) is 93.1 Å². The highest BCUT2D eigenvalue weighted by molar-refractivity contribution is 8.12. The van der Waals surface area contributed by atoms with E-state index < -0.39 is 29.8 Å². The molecule has 1 amide bonds. The highest BCUT2D eigenvalue weighted by atomic mass is 35.5. The Bertz CT molecular complexity index is 1460. The van der Waals surface area contributed by atoms with Crippen LogP contribution in [-0.4, -0.2) is 45.9 Å². The van der Waals surface area contributed by atoms with Crippen molar-refractivity contribution < 1.29 is 42.1 Å². The fourth-order valence-corrected chi connectivity index (χ4v) is 4.99. The van der Waals surface area contributed by atoms with Crippen molar-refractivity contribution >= 4 is 52.1 Å². The van der Waals surface area contributed by atoms with Gasteiger partial charge >= 0.3 is 18.1 Å². The van der Waals surface area contributed by atoms with Gasteiger partial charge in [-0.2, -0.15) is 13.2 Å². The molecule has 0 aliphatic heterocycles. The summed E-state index contributed by atoms with van der Waals surface area (Å²) in [4.78, 5) is 36.9. The number of thioether (sulfide) groups is 1. The number of esters is 1. The second kappa shape index (κ2) is 17.3. The van der Waals surface area contributed by atoms with E-state index in [-0.39, 0.29) is 32.3 Å². The average molecular weight is 689 g/mol. The van der Waals surface area contributed by atoms with Crippen LogP contribution in [0.2, 0.25) is 10.0 Å². The highest BCUT2D eigenvalue weighted by Gasteiger charge is 2.31. The molecule has 0 fully saturated rings. The van der Waals surface area contributed by atoms with Gasteiger partial charge in [-0.25, -0.2) is 9.59 Å². The molecule has 1 N–H and O–H groups in total. The number of hydrogen-bond donors (Lipinski definition) is 1. The molecule has 2 atom stereocenters. The molecule has 0 aliphatic rings. The number of amides is 1. The Balaban J connectivity index is 0.000000341. The molecule has 7 nitrogen and oxygen atoms in total. The van der Waals surface area contributed by atoms with Crippen LogP contribution in [0.5, 0.6) is 11.5 Å². The minimum absolute atomic E-state index is 0.0246. The molecule has 0 aliphatic carbocycles. The summed E-state index contributed by atoms with van der Waals surface area (Å²) in [7, 11) is 0. The van der Waals surface area contributed by atoms with Crippen LogP contribution in [-0.2, 0) is 21.5 Å². The lowest BCUT2D eigenvalue weighted by Crippen LogP contribution is -2.39. The summed E-state index contributed by atoms with van der Waals surface area (Å²) >= 11 is 13.1. The van der Waals surface area contributed by atoms with E-state index >= 15 is 0 Å². The fraction of sp³-hybridized carbons (Fsp3) is 0.344. The van der Waals surface area contributed by atoms with E-state index in [4.69, 9.17) is 37.8 Å². The number of ether oxygens (including phenoxy) is 2. The van der Waals surface area contributed by atoms with E-state index in [0.29, 0.717) is 18.0 Å². The van der Waals surface area contributed by atoms with E-state index in [1.54, 1.807) is 0 Å². The van der Waals surface area contributed by atoms with E-state index in [2.05, 4.69) is 32.9 Å². The number of carbonyl (C=O) groups excluding carboxylic acids is 2. The Morgan fingerprint density at radius 1 is 0.933 bits per heavy atom. The van der Waals surface area contributed by atoms with Gasteiger partial charge in [-0.3, -0.25) is 4.79 Å². The average Bonchev–Trinajstić information content (AvgIpc) is 2.98. The lowest BCUT2D eigenvalue weighted by Gasteiger charge is -2.30. The maximum atomic E-state index is 12.7. The molecule has 0 bridgehead atoms. The number of alkyl halides is 3. The van der Waals surface area contributed by atoms with Gasteiger partial charge in [0.25, 0.3) is 5.24 Å².